The number of pyridine rings is 1. The molecule has 2 aromatic rings. The Bertz CT molecular complexity index is 641. The summed E-state index contributed by atoms with van der Waals surface area (Å²) < 4.78 is 5.33. The average molecular weight is 307 g/mol. The quantitative estimate of drug-likeness (QED) is 0.947. The van der Waals surface area contributed by atoms with E-state index in [0.29, 0.717) is 37.6 Å². The minimum Gasteiger partial charge on any atom is -0.388 e. The summed E-state index contributed by atoms with van der Waals surface area (Å²) in [6.45, 7) is 1.83. The van der Waals surface area contributed by atoms with Crippen molar-refractivity contribution in [3.05, 3.63) is 35.5 Å². The van der Waals surface area contributed by atoms with Crippen LogP contribution in [-0.2, 0) is 4.74 Å². The molecule has 0 unspecified atom stereocenters. The lowest BCUT2D eigenvalue weighted by molar-refractivity contribution is -0.0572. The first kappa shape index (κ1) is 14.6. The van der Waals surface area contributed by atoms with E-state index in [0.717, 1.165) is 16.6 Å². The second-order valence-electron chi connectivity index (χ2n) is 5.68. The molecule has 0 atom stereocenters. The van der Waals surface area contributed by atoms with Gasteiger partial charge in [0.2, 0.25) is 0 Å². The molecule has 2 heterocycles. The van der Waals surface area contributed by atoms with Crippen molar-refractivity contribution in [3.63, 3.8) is 0 Å². The predicted octanol–water partition coefficient (Wildman–Crippen LogP) is 2.87. The number of rotatable bonds is 3. The predicted molar refractivity (Wildman–Crippen MR) is 85.0 cm³/mol. The fraction of sp³-hybridized carbons (Fsp3) is 0.438. The Hall–Kier alpha value is -1.36. The van der Waals surface area contributed by atoms with Crippen molar-refractivity contribution in [2.45, 2.75) is 18.4 Å². The van der Waals surface area contributed by atoms with Crippen LogP contribution in [-0.4, -0.2) is 42.5 Å². The molecule has 1 aromatic heterocycles. The van der Waals surface area contributed by atoms with E-state index in [9.17, 15) is 5.11 Å². The van der Waals surface area contributed by atoms with Crippen molar-refractivity contribution >= 4 is 28.2 Å². The van der Waals surface area contributed by atoms with Gasteiger partial charge in [0, 0.05) is 61.9 Å². The molecule has 1 saturated heterocycles. The highest BCUT2D eigenvalue weighted by Gasteiger charge is 2.31. The van der Waals surface area contributed by atoms with E-state index >= 15 is 0 Å². The number of halogens is 1. The summed E-state index contributed by atoms with van der Waals surface area (Å²) in [5, 5.41) is 12.4. The van der Waals surface area contributed by atoms with Crippen LogP contribution in [0.4, 0.5) is 5.69 Å². The molecule has 112 valence electrons. The molecule has 5 heteroatoms. The molecule has 4 nitrogen and oxygen atoms in total. The Balaban J connectivity index is 1.89. The second-order valence-corrected chi connectivity index (χ2v) is 6.12. The summed E-state index contributed by atoms with van der Waals surface area (Å²) >= 11 is 6.02. The maximum absolute atomic E-state index is 10.7. The molecule has 0 aliphatic carbocycles. The Labute approximate surface area is 129 Å². The van der Waals surface area contributed by atoms with Crippen LogP contribution < -0.4 is 4.90 Å². The van der Waals surface area contributed by atoms with Crippen molar-refractivity contribution in [1.82, 2.24) is 4.98 Å². The van der Waals surface area contributed by atoms with Gasteiger partial charge in [0.25, 0.3) is 0 Å². The zero-order valence-electron chi connectivity index (χ0n) is 12.1. The summed E-state index contributed by atoms with van der Waals surface area (Å²) in [6.07, 6.45) is 3.12. The normalized spacial score (nSPS) is 17.9. The highest BCUT2D eigenvalue weighted by molar-refractivity contribution is 6.31. The van der Waals surface area contributed by atoms with Gasteiger partial charge in [-0.3, -0.25) is 4.98 Å². The number of hydrogen-bond donors (Lipinski definition) is 1. The Morgan fingerprint density at radius 3 is 2.86 bits per heavy atom. The number of nitrogens with zero attached hydrogens (tertiary/aromatic N) is 2. The molecule has 3 rings (SSSR count). The maximum atomic E-state index is 10.7. The zero-order valence-corrected chi connectivity index (χ0v) is 12.8. The van der Waals surface area contributed by atoms with Crippen molar-refractivity contribution in [2.24, 2.45) is 0 Å². The fourth-order valence-corrected chi connectivity index (χ4v) is 3.04. The lowest BCUT2D eigenvalue weighted by atomic mass is 9.93. The van der Waals surface area contributed by atoms with Gasteiger partial charge in [-0.05, 0) is 24.3 Å². The minimum absolute atomic E-state index is 0.581. The van der Waals surface area contributed by atoms with Crippen molar-refractivity contribution in [1.29, 1.82) is 0 Å². The Kier molecular flexibility index (Phi) is 4.02. The number of aromatic nitrogens is 1. The van der Waals surface area contributed by atoms with Crippen LogP contribution >= 0.6 is 11.6 Å². The number of ether oxygens (including phenoxy) is 1. The largest absolute Gasteiger partial charge is 0.388 e. The topological polar surface area (TPSA) is 45.6 Å². The Morgan fingerprint density at radius 1 is 1.33 bits per heavy atom. The van der Waals surface area contributed by atoms with E-state index in [4.69, 9.17) is 16.3 Å². The Morgan fingerprint density at radius 2 is 2.10 bits per heavy atom. The summed E-state index contributed by atoms with van der Waals surface area (Å²) in [7, 11) is 2.00. The van der Waals surface area contributed by atoms with Crippen LogP contribution in [0.2, 0.25) is 5.02 Å². The summed E-state index contributed by atoms with van der Waals surface area (Å²) in [5.74, 6) is 0. The van der Waals surface area contributed by atoms with Gasteiger partial charge in [0.15, 0.2) is 0 Å². The van der Waals surface area contributed by atoms with E-state index < -0.39 is 5.60 Å². The molecule has 1 aliphatic heterocycles. The third-order valence-electron chi connectivity index (χ3n) is 4.05. The molecule has 0 bridgehead atoms. The van der Waals surface area contributed by atoms with Crippen molar-refractivity contribution in [2.75, 3.05) is 31.7 Å². The lowest BCUT2D eigenvalue weighted by Gasteiger charge is -2.36. The lowest BCUT2D eigenvalue weighted by Crippen LogP contribution is -2.45. The highest BCUT2D eigenvalue weighted by atomic mass is 35.5. The number of likely N-dealkylation sites (N-methyl/N-ethyl adjacent to an activating group) is 1. The summed E-state index contributed by atoms with van der Waals surface area (Å²) in [4.78, 5) is 6.44. The van der Waals surface area contributed by atoms with E-state index in [-0.39, 0.29) is 0 Å². The van der Waals surface area contributed by atoms with Gasteiger partial charge < -0.3 is 14.7 Å². The molecule has 21 heavy (non-hydrogen) atoms. The molecule has 1 aliphatic rings. The maximum Gasteiger partial charge on any atom is 0.0865 e. The first-order valence-corrected chi connectivity index (χ1v) is 7.51. The minimum atomic E-state index is -0.685. The molecule has 1 aromatic carbocycles. The third-order valence-corrected chi connectivity index (χ3v) is 4.28. The van der Waals surface area contributed by atoms with Crippen LogP contribution in [0.5, 0.6) is 0 Å². The third kappa shape index (κ3) is 3.12. The molecular weight excluding hydrogens is 288 g/mol. The molecule has 1 fully saturated rings. The molecule has 0 radical (unpaired) electrons. The molecule has 0 spiro atoms. The molecular formula is C16H19ClN2O2. The van der Waals surface area contributed by atoms with E-state index in [2.05, 4.69) is 9.88 Å². The number of aliphatic hydroxyl groups is 1. The monoisotopic (exact) mass is 306 g/mol. The first-order valence-electron chi connectivity index (χ1n) is 7.13. The van der Waals surface area contributed by atoms with E-state index in [1.165, 1.54) is 0 Å². The number of fused-ring (bicyclic) bond motifs is 1. The van der Waals surface area contributed by atoms with Gasteiger partial charge >= 0.3 is 0 Å². The van der Waals surface area contributed by atoms with Gasteiger partial charge in [-0.25, -0.2) is 0 Å². The fourth-order valence-electron chi connectivity index (χ4n) is 2.88. The zero-order chi connectivity index (χ0) is 14.9. The summed E-state index contributed by atoms with van der Waals surface area (Å²) in [5.41, 5.74) is 1.23. The number of anilines is 1. The van der Waals surface area contributed by atoms with Crippen molar-refractivity contribution in [3.8, 4) is 0 Å². The highest BCUT2D eigenvalue weighted by Crippen LogP contribution is 2.29. The van der Waals surface area contributed by atoms with Crippen LogP contribution in [0.15, 0.2) is 30.5 Å². The van der Waals surface area contributed by atoms with Gasteiger partial charge in [0.05, 0.1) is 11.1 Å². The number of hydrogen-bond acceptors (Lipinski definition) is 4. The van der Waals surface area contributed by atoms with Crippen LogP contribution in [0.3, 0.4) is 0 Å². The van der Waals surface area contributed by atoms with Gasteiger partial charge in [0.1, 0.15) is 0 Å². The molecule has 0 saturated carbocycles. The summed E-state index contributed by atoms with van der Waals surface area (Å²) in [6, 6.07) is 7.67. The van der Waals surface area contributed by atoms with Crippen LogP contribution in [0.25, 0.3) is 10.9 Å². The van der Waals surface area contributed by atoms with Crippen molar-refractivity contribution < 1.29 is 9.84 Å². The van der Waals surface area contributed by atoms with E-state index in [1.54, 1.807) is 6.20 Å². The van der Waals surface area contributed by atoms with Gasteiger partial charge in [-0.1, -0.05) is 11.6 Å². The molecule has 0 amide bonds. The average Bonchev–Trinajstić information content (AvgIpc) is 2.46. The van der Waals surface area contributed by atoms with E-state index in [1.807, 2.05) is 31.3 Å². The first-order chi connectivity index (χ1) is 10.1. The molecule has 1 N–H and O–H groups in total. The number of benzene rings is 1. The van der Waals surface area contributed by atoms with Gasteiger partial charge in [-0.2, -0.15) is 0 Å². The van der Waals surface area contributed by atoms with Crippen LogP contribution in [0.1, 0.15) is 12.8 Å². The van der Waals surface area contributed by atoms with Crippen LogP contribution in [0, 0.1) is 0 Å². The van der Waals surface area contributed by atoms with Gasteiger partial charge in [-0.15, -0.1) is 0 Å². The SMILES string of the molecule is CN(CC1(O)CCOCC1)c1ccnc2cc(Cl)ccc12. The second kappa shape index (κ2) is 5.79. The smallest absolute Gasteiger partial charge is 0.0865 e. The standard InChI is InChI=1S/C16H19ClN2O2/c1-19(11-16(20)5-8-21-9-6-16)15-4-7-18-14-10-12(17)2-3-13(14)15/h2-4,7,10,20H,5-6,8-9,11H2,1H3.